The van der Waals surface area contributed by atoms with Crippen molar-refractivity contribution in [2.45, 2.75) is 41.2 Å². The van der Waals surface area contributed by atoms with Crippen LogP contribution in [0.2, 0.25) is 0 Å². The standard InChI is InChI=1S/C20H24N4O5.C2H6/c1-12-13(2)21-18(14(3)23-27-5)22-19(12)29-11-15-9-7-8-10-16(15)17(24-28-6)20(25)26-4;1-2/h7-10H,11H2,1-6H3;1-2H3/b23-14-,24-17+;. The molecule has 168 valence electrons. The number of aromatic nitrogens is 2. The third-order valence-corrected chi connectivity index (χ3v) is 4.09. The van der Waals surface area contributed by atoms with Crippen LogP contribution < -0.4 is 4.74 Å². The molecule has 0 bridgehead atoms. The summed E-state index contributed by atoms with van der Waals surface area (Å²) in [6, 6.07) is 7.19. The van der Waals surface area contributed by atoms with E-state index in [0.717, 1.165) is 11.3 Å². The second-order valence-electron chi connectivity index (χ2n) is 5.98. The molecule has 1 aromatic heterocycles. The summed E-state index contributed by atoms with van der Waals surface area (Å²) in [5, 5.41) is 7.67. The van der Waals surface area contributed by atoms with Gasteiger partial charge in [0, 0.05) is 16.8 Å². The van der Waals surface area contributed by atoms with Crippen molar-refractivity contribution >= 4 is 17.4 Å². The highest BCUT2D eigenvalue weighted by Crippen LogP contribution is 2.21. The lowest BCUT2D eigenvalue weighted by Gasteiger charge is -2.14. The number of rotatable bonds is 8. The van der Waals surface area contributed by atoms with Gasteiger partial charge in [-0.15, -0.1) is 0 Å². The van der Waals surface area contributed by atoms with Crippen LogP contribution in [0, 0.1) is 13.8 Å². The Labute approximate surface area is 183 Å². The van der Waals surface area contributed by atoms with Crippen molar-refractivity contribution in [1.82, 2.24) is 9.97 Å². The van der Waals surface area contributed by atoms with E-state index in [1.54, 1.807) is 19.1 Å². The number of methoxy groups -OCH3 is 1. The Balaban J connectivity index is 0.00000233. The smallest absolute Gasteiger partial charge is 0.360 e. The molecule has 0 saturated carbocycles. The quantitative estimate of drug-likeness (QED) is 0.358. The second kappa shape index (κ2) is 12.9. The lowest BCUT2D eigenvalue weighted by Crippen LogP contribution is -2.20. The predicted molar refractivity (Wildman–Crippen MR) is 118 cm³/mol. The summed E-state index contributed by atoms with van der Waals surface area (Å²) in [6.45, 7) is 9.63. The molecule has 2 rings (SSSR count). The van der Waals surface area contributed by atoms with E-state index in [0.29, 0.717) is 28.5 Å². The minimum atomic E-state index is -0.609. The van der Waals surface area contributed by atoms with Crippen LogP contribution in [0.1, 0.15) is 49.0 Å². The highest BCUT2D eigenvalue weighted by molar-refractivity contribution is 6.43. The molecule has 0 unspecified atom stereocenters. The highest BCUT2D eigenvalue weighted by Gasteiger charge is 2.20. The van der Waals surface area contributed by atoms with Crippen LogP contribution in [0.5, 0.6) is 5.88 Å². The van der Waals surface area contributed by atoms with Gasteiger partial charge in [-0.3, -0.25) is 0 Å². The minimum Gasteiger partial charge on any atom is -0.472 e. The SMILES string of the molecule is CC.CO/N=C(/C)c1nc(C)c(C)c(OCc2ccccc2/C(=N\OC)C(=O)OC)n1. The number of hydrogen-bond acceptors (Lipinski definition) is 9. The summed E-state index contributed by atoms with van der Waals surface area (Å²) in [4.78, 5) is 30.5. The van der Waals surface area contributed by atoms with Crippen molar-refractivity contribution in [1.29, 1.82) is 0 Å². The largest absolute Gasteiger partial charge is 0.472 e. The van der Waals surface area contributed by atoms with Gasteiger partial charge in [-0.25, -0.2) is 9.78 Å². The number of oxime groups is 2. The highest BCUT2D eigenvalue weighted by atomic mass is 16.6. The summed E-state index contributed by atoms with van der Waals surface area (Å²) < 4.78 is 10.8. The molecule has 0 spiro atoms. The van der Waals surface area contributed by atoms with E-state index in [2.05, 4.69) is 20.3 Å². The van der Waals surface area contributed by atoms with E-state index < -0.39 is 5.97 Å². The van der Waals surface area contributed by atoms with Crippen LogP contribution in [-0.2, 0) is 25.8 Å². The molecular formula is C22H30N4O5. The van der Waals surface area contributed by atoms with Crippen molar-refractivity contribution in [3.8, 4) is 5.88 Å². The Hall–Kier alpha value is -3.49. The zero-order valence-corrected chi connectivity index (χ0v) is 19.3. The first-order valence-corrected chi connectivity index (χ1v) is 9.76. The van der Waals surface area contributed by atoms with Gasteiger partial charge in [0.2, 0.25) is 5.88 Å². The normalized spacial score (nSPS) is 11.2. The molecule has 0 aliphatic heterocycles. The van der Waals surface area contributed by atoms with E-state index in [1.807, 2.05) is 39.8 Å². The van der Waals surface area contributed by atoms with Crippen molar-refractivity contribution in [2.24, 2.45) is 10.3 Å². The maximum Gasteiger partial charge on any atom is 0.360 e. The van der Waals surface area contributed by atoms with Crippen LogP contribution in [0.3, 0.4) is 0 Å². The van der Waals surface area contributed by atoms with E-state index in [4.69, 9.17) is 19.1 Å². The molecule has 0 amide bonds. The fourth-order valence-electron chi connectivity index (χ4n) is 2.49. The molecule has 0 radical (unpaired) electrons. The number of aryl methyl sites for hydroxylation is 1. The molecule has 0 aliphatic carbocycles. The first-order valence-electron chi connectivity index (χ1n) is 9.76. The summed E-state index contributed by atoms with van der Waals surface area (Å²) >= 11 is 0. The van der Waals surface area contributed by atoms with E-state index in [1.165, 1.54) is 21.3 Å². The van der Waals surface area contributed by atoms with E-state index in [9.17, 15) is 4.79 Å². The lowest BCUT2D eigenvalue weighted by atomic mass is 10.0. The molecule has 0 saturated heterocycles. The monoisotopic (exact) mass is 430 g/mol. The van der Waals surface area contributed by atoms with Crippen molar-refractivity contribution in [2.75, 3.05) is 21.3 Å². The van der Waals surface area contributed by atoms with Crippen LogP contribution in [0.15, 0.2) is 34.6 Å². The van der Waals surface area contributed by atoms with Gasteiger partial charge in [-0.05, 0) is 26.3 Å². The molecule has 2 aromatic rings. The topological polar surface area (TPSA) is 104 Å². The number of nitrogens with zero attached hydrogens (tertiary/aromatic N) is 4. The fourth-order valence-corrected chi connectivity index (χ4v) is 2.49. The zero-order valence-electron chi connectivity index (χ0n) is 19.3. The number of carbonyl (C=O) groups is 1. The lowest BCUT2D eigenvalue weighted by molar-refractivity contribution is -0.132. The molecule has 0 N–H and O–H groups in total. The zero-order chi connectivity index (χ0) is 23.4. The van der Waals surface area contributed by atoms with Gasteiger partial charge >= 0.3 is 5.97 Å². The molecule has 0 aliphatic rings. The number of benzene rings is 1. The summed E-state index contributed by atoms with van der Waals surface area (Å²) in [5.41, 5.74) is 3.40. The fraction of sp³-hybridized carbons (Fsp3) is 0.409. The maximum atomic E-state index is 12.1. The van der Waals surface area contributed by atoms with Gasteiger partial charge in [0.1, 0.15) is 26.5 Å². The predicted octanol–water partition coefficient (Wildman–Crippen LogP) is 3.59. The van der Waals surface area contributed by atoms with Crippen LogP contribution in [-0.4, -0.2) is 48.7 Å². The molecule has 9 nitrogen and oxygen atoms in total. The molecule has 1 heterocycles. The Morgan fingerprint density at radius 1 is 1.00 bits per heavy atom. The van der Waals surface area contributed by atoms with E-state index >= 15 is 0 Å². The minimum absolute atomic E-state index is 0.0496. The van der Waals surface area contributed by atoms with Gasteiger partial charge in [0.25, 0.3) is 0 Å². The Bertz CT molecular complexity index is 941. The average molecular weight is 431 g/mol. The Morgan fingerprint density at radius 2 is 1.65 bits per heavy atom. The third kappa shape index (κ3) is 6.77. The van der Waals surface area contributed by atoms with Crippen LogP contribution in [0.25, 0.3) is 0 Å². The second-order valence-corrected chi connectivity index (χ2v) is 5.98. The summed E-state index contributed by atoms with van der Waals surface area (Å²) in [6.07, 6.45) is 0. The third-order valence-electron chi connectivity index (χ3n) is 4.09. The molecule has 9 heteroatoms. The van der Waals surface area contributed by atoms with Gasteiger partial charge in [0.05, 0.1) is 7.11 Å². The van der Waals surface area contributed by atoms with Crippen LogP contribution in [0.4, 0.5) is 0 Å². The number of ether oxygens (including phenoxy) is 2. The molecular weight excluding hydrogens is 400 g/mol. The molecule has 31 heavy (non-hydrogen) atoms. The first kappa shape index (κ1) is 25.5. The Morgan fingerprint density at radius 3 is 2.26 bits per heavy atom. The summed E-state index contributed by atoms with van der Waals surface area (Å²) in [5.74, 6) is 0.215. The van der Waals surface area contributed by atoms with E-state index in [-0.39, 0.29) is 12.3 Å². The number of esters is 1. The van der Waals surface area contributed by atoms with Crippen molar-refractivity contribution in [3.05, 3.63) is 52.5 Å². The number of carbonyl (C=O) groups excluding carboxylic acids is 1. The van der Waals surface area contributed by atoms with Crippen molar-refractivity contribution in [3.63, 3.8) is 0 Å². The van der Waals surface area contributed by atoms with Crippen molar-refractivity contribution < 1.29 is 23.9 Å². The van der Waals surface area contributed by atoms with Gasteiger partial charge in [0.15, 0.2) is 11.5 Å². The first-order chi connectivity index (χ1) is 14.9. The van der Waals surface area contributed by atoms with Gasteiger partial charge in [-0.1, -0.05) is 48.4 Å². The summed E-state index contributed by atoms with van der Waals surface area (Å²) in [7, 11) is 4.10. The maximum absolute atomic E-state index is 12.1. The molecule has 1 aromatic carbocycles. The molecule has 0 fully saturated rings. The number of hydrogen-bond donors (Lipinski definition) is 0. The average Bonchev–Trinajstić information content (AvgIpc) is 2.79. The molecule has 0 atom stereocenters. The van der Waals surface area contributed by atoms with Gasteiger partial charge in [-0.2, -0.15) is 4.98 Å². The Kier molecular flexibility index (Phi) is 10.7. The van der Waals surface area contributed by atoms with Crippen LogP contribution >= 0.6 is 0 Å². The van der Waals surface area contributed by atoms with Gasteiger partial charge < -0.3 is 19.1 Å².